The van der Waals surface area contributed by atoms with Gasteiger partial charge in [0.05, 0.1) is 6.42 Å². The van der Waals surface area contributed by atoms with Crippen molar-refractivity contribution in [2.75, 3.05) is 20.1 Å². The number of esters is 1. The molecule has 3 nitrogen and oxygen atoms in total. The van der Waals surface area contributed by atoms with Crippen molar-refractivity contribution in [3.05, 3.63) is 0 Å². The van der Waals surface area contributed by atoms with Crippen molar-refractivity contribution in [2.24, 2.45) is 0 Å². The smallest absolute Gasteiger partial charge is 0.307 e. The fourth-order valence-corrected chi connectivity index (χ4v) is 0.833. The van der Waals surface area contributed by atoms with Gasteiger partial charge in [-0.15, -0.1) is 0 Å². The molecule has 0 aromatic carbocycles. The first-order chi connectivity index (χ1) is 5.85. The highest BCUT2D eigenvalue weighted by Crippen LogP contribution is 2.08. The Hall–Kier alpha value is -0.570. The molecule has 0 saturated carbocycles. The van der Waals surface area contributed by atoms with Crippen LogP contribution < -0.4 is 0 Å². The molecule has 13 heavy (non-hydrogen) atoms. The highest BCUT2D eigenvalue weighted by molar-refractivity contribution is 5.70. The van der Waals surface area contributed by atoms with E-state index in [4.69, 9.17) is 4.74 Å². The predicted octanol–water partition coefficient (Wildman–Crippen LogP) is 1.67. The van der Waals surface area contributed by atoms with Crippen LogP contribution in [0.3, 0.4) is 0 Å². The van der Waals surface area contributed by atoms with E-state index in [2.05, 4.69) is 11.8 Å². The van der Waals surface area contributed by atoms with Crippen molar-refractivity contribution in [3.63, 3.8) is 0 Å². The minimum atomic E-state index is -0.359. The highest BCUT2D eigenvalue weighted by Gasteiger charge is 2.15. The fourth-order valence-electron chi connectivity index (χ4n) is 0.833. The van der Waals surface area contributed by atoms with E-state index >= 15 is 0 Å². The third kappa shape index (κ3) is 7.78. The summed E-state index contributed by atoms with van der Waals surface area (Å²) in [6.45, 7) is 9.45. The molecule has 0 radical (unpaired) electrons. The summed E-state index contributed by atoms with van der Waals surface area (Å²) in [7, 11) is 1.99. The first kappa shape index (κ1) is 12.4. The Balaban J connectivity index is 3.64. The second-order valence-electron chi connectivity index (χ2n) is 4.23. The van der Waals surface area contributed by atoms with E-state index in [9.17, 15) is 4.79 Å². The maximum atomic E-state index is 11.2. The minimum Gasteiger partial charge on any atom is -0.460 e. The topological polar surface area (TPSA) is 29.5 Å². The van der Waals surface area contributed by atoms with Gasteiger partial charge in [-0.1, -0.05) is 6.92 Å². The molecule has 0 aliphatic heterocycles. The Morgan fingerprint density at radius 2 is 1.92 bits per heavy atom. The molecular weight excluding hydrogens is 166 g/mol. The lowest BCUT2D eigenvalue weighted by Crippen LogP contribution is -2.27. The van der Waals surface area contributed by atoms with Crippen LogP contribution in [0.4, 0.5) is 0 Å². The van der Waals surface area contributed by atoms with Crippen molar-refractivity contribution in [1.29, 1.82) is 0 Å². The first-order valence-corrected chi connectivity index (χ1v) is 4.75. The first-order valence-electron chi connectivity index (χ1n) is 4.75. The van der Waals surface area contributed by atoms with E-state index in [-0.39, 0.29) is 11.6 Å². The molecule has 0 rings (SSSR count). The molecule has 0 aromatic heterocycles. The standard InChI is InChI=1S/C10H21NO2/c1-6-11(5)8-7-9(12)13-10(2,3)4/h6-8H2,1-5H3. The Morgan fingerprint density at radius 3 is 2.31 bits per heavy atom. The summed E-state index contributed by atoms with van der Waals surface area (Å²) in [5, 5.41) is 0. The van der Waals surface area contributed by atoms with Gasteiger partial charge in [-0.2, -0.15) is 0 Å². The average Bonchev–Trinajstić information content (AvgIpc) is 1.97. The van der Waals surface area contributed by atoms with Crippen LogP contribution in [0.5, 0.6) is 0 Å². The van der Waals surface area contributed by atoms with Gasteiger partial charge in [0.25, 0.3) is 0 Å². The van der Waals surface area contributed by atoms with Crippen LogP contribution in [0, 0.1) is 0 Å². The summed E-state index contributed by atoms with van der Waals surface area (Å²) >= 11 is 0. The van der Waals surface area contributed by atoms with Gasteiger partial charge < -0.3 is 9.64 Å². The summed E-state index contributed by atoms with van der Waals surface area (Å²) < 4.78 is 5.17. The molecule has 0 atom stereocenters. The molecule has 0 amide bonds. The monoisotopic (exact) mass is 187 g/mol. The lowest BCUT2D eigenvalue weighted by atomic mass is 10.2. The second-order valence-corrected chi connectivity index (χ2v) is 4.23. The molecule has 0 unspecified atom stereocenters. The van der Waals surface area contributed by atoms with Crippen molar-refractivity contribution in [2.45, 2.75) is 39.7 Å². The summed E-state index contributed by atoms with van der Waals surface area (Å²) in [5.74, 6) is -0.118. The Bertz CT molecular complexity index is 161. The third-order valence-electron chi connectivity index (χ3n) is 1.66. The maximum absolute atomic E-state index is 11.2. The van der Waals surface area contributed by atoms with Crippen LogP contribution >= 0.6 is 0 Å². The molecule has 0 spiro atoms. The van der Waals surface area contributed by atoms with Crippen molar-refractivity contribution in [3.8, 4) is 0 Å². The number of ether oxygens (including phenoxy) is 1. The fraction of sp³-hybridized carbons (Fsp3) is 0.900. The van der Waals surface area contributed by atoms with Crippen LogP contribution in [0.25, 0.3) is 0 Å². The van der Waals surface area contributed by atoms with Crippen LogP contribution in [0.1, 0.15) is 34.1 Å². The normalized spacial score (nSPS) is 11.8. The van der Waals surface area contributed by atoms with Gasteiger partial charge in [0.15, 0.2) is 0 Å². The van der Waals surface area contributed by atoms with Crippen LogP contribution in [-0.4, -0.2) is 36.6 Å². The Labute approximate surface area is 81.1 Å². The second kappa shape index (κ2) is 5.22. The number of carbonyl (C=O) groups excluding carboxylic acids is 1. The highest BCUT2D eigenvalue weighted by atomic mass is 16.6. The summed E-state index contributed by atoms with van der Waals surface area (Å²) in [6, 6.07) is 0. The van der Waals surface area contributed by atoms with Gasteiger partial charge in [-0.3, -0.25) is 4.79 Å². The van der Waals surface area contributed by atoms with Gasteiger partial charge in [0, 0.05) is 6.54 Å². The van der Waals surface area contributed by atoms with E-state index in [1.165, 1.54) is 0 Å². The molecule has 78 valence electrons. The van der Waals surface area contributed by atoms with Crippen LogP contribution in [0.15, 0.2) is 0 Å². The molecule has 0 bridgehead atoms. The Kier molecular flexibility index (Phi) is 4.99. The number of hydrogen-bond donors (Lipinski definition) is 0. The van der Waals surface area contributed by atoms with Gasteiger partial charge in [0.2, 0.25) is 0 Å². The molecule has 0 saturated heterocycles. The molecule has 0 aliphatic carbocycles. The summed E-state index contributed by atoms with van der Waals surface area (Å²) in [5.41, 5.74) is -0.359. The molecule has 3 heteroatoms. The number of rotatable bonds is 4. The zero-order valence-electron chi connectivity index (χ0n) is 9.39. The summed E-state index contributed by atoms with van der Waals surface area (Å²) in [6.07, 6.45) is 0.474. The van der Waals surface area contributed by atoms with Crippen LogP contribution in [-0.2, 0) is 9.53 Å². The quantitative estimate of drug-likeness (QED) is 0.627. The number of nitrogens with zero attached hydrogens (tertiary/aromatic N) is 1. The lowest BCUT2D eigenvalue weighted by molar-refractivity contribution is -0.155. The van der Waals surface area contributed by atoms with Gasteiger partial charge in [-0.05, 0) is 34.4 Å². The predicted molar refractivity (Wildman–Crippen MR) is 53.6 cm³/mol. The van der Waals surface area contributed by atoms with Gasteiger partial charge in [-0.25, -0.2) is 0 Å². The van der Waals surface area contributed by atoms with Gasteiger partial charge >= 0.3 is 5.97 Å². The van der Waals surface area contributed by atoms with Crippen LogP contribution in [0.2, 0.25) is 0 Å². The lowest BCUT2D eigenvalue weighted by Gasteiger charge is -2.20. The van der Waals surface area contributed by atoms with Gasteiger partial charge in [0.1, 0.15) is 5.60 Å². The molecule has 0 fully saturated rings. The zero-order valence-corrected chi connectivity index (χ0v) is 9.39. The molecule has 0 aliphatic rings. The van der Waals surface area contributed by atoms with Crippen molar-refractivity contribution >= 4 is 5.97 Å². The van der Waals surface area contributed by atoms with E-state index < -0.39 is 0 Å². The molecule has 0 aromatic rings. The third-order valence-corrected chi connectivity index (χ3v) is 1.66. The SMILES string of the molecule is CCN(C)CCC(=O)OC(C)(C)C. The minimum absolute atomic E-state index is 0.118. The summed E-state index contributed by atoms with van der Waals surface area (Å²) in [4.78, 5) is 13.3. The molecule has 0 heterocycles. The van der Waals surface area contributed by atoms with Crippen molar-refractivity contribution < 1.29 is 9.53 Å². The maximum Gasteiger partial charge on any atom is 0.307 e. The Morgan fingerprint density at radius 1 is 1.38 bits per heavy atom. The van der Waals surface area contributed by atoms with E-state index in [1.807, 2.05) is 27.8 Å². The van der Waals surface area contributed by atoms with E-state index in [0.29, 0.717) is 6.42 Å². The van der Waals surface area contributed by atoms with E-state index in [1.54, 1.807) is 0 Å². The largest absolute Gasteiger partial charge is 0.460 e. The molecular formula is C10H21NO2. The molecule has 0 N–H and O–H groups in total. The number of hydrogen-bond acceptors (Lipinski definition) is 3. The number of carbonyl (C=O) groups is 1. The van der Waals surface area contributed by atoms with E-state index in [0.717, 1.165) is 13.1 Å². The average molecular weight is 187 g/mol. The zero-order chi connectivity index (χ0) is 10.5. The van der Waals surface area contributed by atoms with Crippen molar-refractivity contribution in [1.82, 2.24) is 4.90 Å².